The number of rotatable bonds is 1. The maximum atomic E-state index is 3.60. The maximum absolute atomic E-state index is 3.60. The zero-order chi connectivity index (χ0) is 11.8. The number of aromatic amines is 1. The minimum atomic E-state index is 1.11. The van der Waals surface area contributed by atoms with Crippen molar-refractivity contribution in [1.29, 1.82) is 0 Å². The monoisotopic (exact) mass is 228 g/mol. The van der Waals surface area contributed by atoms with Crippen molar-refractivity contribution in [2.24, 2.45) is 0 Å². The molecule has 1 aliphatic heterocycles. The van der Waals surface area contributed by atoms with Crippen molar-refractivity contribution in [3.63, 3.8) is 0 Å². The molecule has 0 amide bonds. The Labute approximate surface area is 103 Å². The highest BCUT2D eigenvalue weighted by Gasteiger charge is 2.17. The van der Waals surface area contributed by atoms with Crippen molar-refractivity contribution in [2.45, 2.75) is 33.2 Å². The normalized spacial score (nSPS) is 17.1. The summed E-state index contributed by atoms with van der Waals surface area (Å²) in [5, 5.41) is 1.43. The molecule has 1 N–H and O–H groups in total. The number of nitrogens with zero attached hydrogens (tertiary/aromatic N) is 1. The number of aryl methyl sites for hydroxylation is 2. The van der Waals surface area contributed by atoms with Crippen LogP contribution in [-0.2, 0) is 13.0 Å². The second kappa shape index (κ2) is 4.19. The van der Waals surface area contributed by atoms with Crippen LogP contribution < -0.4 is 0 Å². The van der Waals surface area contributed by atoms with E-state index in [0.717, 1.165) is 13.1 Å². The molecule has 2 aromatic rings. The van der Waals surface area contributed by atoms with Gasteiger partial charge in [-0.05, 0) is 50.6 Å². The number of benzene rings is 1. The van der Waals surface area contributed by atoms with Gasteiger partial charge in [-0.15, -0.1) is 0 Å². The Hall–Kier alpha value is -1.28. The Kier molecular flexibility index (Phi) is 2.67. The van der Waals surface area contributed by atoms with Crippen molar-refractivity contribution in [2.75, 3.05) is 13.1 Å². The predicted molar refractivity (Wildman–Crippen MR) is 72.3 cm³/mol. The molecule has 90 valence electrons. The molecule has 0 unspecified atom stereocenters. The van der Waals surface area contributed by atoms with Crippen LogP contribution in [0.2, 0.25) is 0 Å². The molecule has 0 fully saturated rings. The lowest BCUT2D eigenvalue weighted by Gasteiger charge is -2.17. The van der Waals surface area contributed by atoms with Crippen LogP contribution >= 0.6 is 0 Å². The maximum Gasteiger partial charge on any atom is 0.0459 e. The topological polar surface area (TPSA) is 19.0 Å². The number of hydrogen-bond acceptors (Lipinski definition) is 1. The van der Waals surface area contributed by atoms with E-state index in [0.29, 0.717) is 0 Å². The van der Waals surface area contributed by atoms with E-state index in [2.05, 4.69) is 41.9 Å². The van der Waals surface area contributed by atoms with Gasteiger partial charge in [0.15, 0.2) is 0 Å². The summed E-state index contributed by atoms with van der Waals surface area (Å²) in [5.41, 5.74) is 5.65. The number of aromatic nitrogens is 1. The van der Waals surface area contributed by atoms with Gasteiger partial charge in [0.25, 0.3) is 0 Å². The summed E-state index contributed by atoms with van der Waals surface area (Å²) in [6.45, 7) is 7.91. The molecule has 2 heterocycles. The molecule has 17 heavy (non-hydrogen) atoms. The third-order valence-electron chi connectivity index (χ3n) is 3.88. The van der Waals surface area contributed by atoms with Gasteiger partial charge in [-0.1, -0.05) is 18.6 Å². The van der Waals surface area contributed by atoms with Gasteiger partial charge in [-0.3, -0.25) is 4.90 Å². The fourth-order valence-electron chi connectivity index (χ4n) is 2.86. The molecule has 0 saturated heterocycles. The van der Waals surface area contributed by atoms with Crippen molar-refractivity contribution < 1.29 is 0 Å². The van der Waals surface area contributed by atoms with Crippen molar-refractivity contribution in [3.8, 4) is 0 Å². The SMILES string of the molecule is CCN1CCCc2[nH]c3ccc(C)cc3c2C1. The van der Waals surface area contributed by atoms with Crippen LogP contribution in [0.4, 0.5) is 0 Å². The zero-order valence-corrected chi connectivity index (χ0v) is 10.7. The number of H-pyrrole nitrogens is 1. The Balaban J connectivity index is 2.14. The molecular formula is C15H20N2. The third-order valence-corrected chi connectivity index (χ3v) is 3.88. The second-order valence-electron chi connectivity index (χ2n) is 5.10. The molecule has 1 aromatic heterocycles. The molecule has 2 nitrogen and oxygen atoms in total. The molecule has 0 bridgehead atoms. The van der Waals surface area contributed by atoms with E-state index in [4.69, 9.17) is 0 Å². The first-order chi connectivity index (χ1) is 8.28. The van der Waals surface area contributed by atoms with Crippen molar-refractivity contribution in [3.05, 3.63) is 35.0 Å². The van der Waals surface area contributed by atoms with E-state index in [9.17, 15) is 0 Å². The van der Waals surface area contributed by atoms with Crippen LogP contribution in [0, 0.1) is 6.92 Å². The number of hydrogen-bond donors (Lipinski definition) is 1. The standard InChI is InChI=1S/C15H20N2/c1-3-17-8-4-5-14-13(10-17)12-9-11(2)6-7-15(12)16-14/h6-7,9,16H,3-5,8,10H2,1-2H3. The summed E-state index contributed by atoms with van der Waals surface area (Å²) in [7, 11) is 0. The van der Waals surface area contributed by atoms with E-state index in [-0.39, 0.29) is 0 Å². The molecule has 0 aliphatic carbocycles. The molecule has 0 atom stereocenters. The number of nitrogens with one attached hydrogen (secondary N) is 1. The van der Waals surface area contributed by atoms with Gasteiger partial charge in [0.1, 0.15) is 0 Å². The van der Waals surface area contributed by atoms with Gasteiger partial charge >= 0.3 is 0 Å². The van der Waals surface area contributed by atoms with Crippen LogP contribution in [0.3, 0.4) is 0 Å². The highest BCUT2D eigenvalue weighted by Crippen LogP contribution is 2.27. The molecule has 0 spiro atoms. The Morgan fingerprint density at radius 2 is 2.24 bits per heavy atom. The molecule has 3 rings (SSSR count). The lowest BCUT2D eigenvalue weighted by atomic mass is 10.1. The highest BCUT2D eigenvalue weighted by molar-refractivity contribution is 5.85. The highest BCUT2D eigenvalue weighted by atomic mass is 15.1. The fourth-order valence-corrected chi connectivity index (χ4v) is 2.86. The average Bonchev–Trinajstić information content (AvgIpc) is 2.54. The van der Waals surface area contributed by atoms with Crippen LogP contribution in [0.5, 0.6) is 0 Å². The summed E-state index contributed by atoms with van der Waals surface area (Å²) in [6, 6.07) is 6.73. The Morgan fingerprint density at radius 1 is 1.35 bits per heavy atom. The van der Waals surface area contributed by atoms with Crippen LogP contribution in [-0.4, -0.2) is 23.0 Å². The lowest BCUT2D eigenvalue weighted by Crippen LogP contribution is -2.22. The summed E-state index contributed by atoms with van der Waals surface area (Å²) in [5.74, 6) is 0. The Bertz CT molecular complexity index is 539. The van der Waals surface area contributed by atoms with E-state index in [1.807, 2.05) is 0 Å². The first kappa shape index (κ1) is 10.8. The lowest BCUT2D eigenvalue weighted by molar-refractivity contribution is 0.285. The minimum absolute atomic E-state index is 1.11. The van der Waals surface area contributed by atoms with E-state index < -0.39 is 0 Å². The van der Waals surface area contributed by atoms with Gasteiger partial charge in [0, 0.05) is 23.1 Å². The van der Waals surface area contributed by atoms with E-state index >= 15 is 0 Å². The largest absolute Gasteiger partial charge is 0.358 e. The van der Waals surface area contributed by atoms with Gasteiger partial charge in [-0.2, -0.15) is 0 Å². The smallest absolute Gasteiger partial charge is 0.0459 e. The van der Waals surface area contributed by atoms with Crippen LogP contribution in [0.15, 0.2) is 18.2 Å². The first-order valence-corrected chi connectivity index (χ1v) is 6.60. The van der Waals surface area contributed by atoms with Crippen molar-refractivity contribution in [1.82, 2.24) is 9.88 Å². The van der Waals surface area contributed by atoms with Gasteiger partial charge in [0.2, 0.25) is 0 Å². The predicted octanol–water partition coefficient (Wildman–Crippen LogP) is 3.24. The van der Waals surface area contributed by atoms with Crippen LogP contribution in [0.25, 0.3) is 10.9 Å². The molecule has 1 aliphatic rings. The summed E-state index contributed by atoms with van der Waals surface area (Å²) in [6.07, 6.45) is 2.46. The van der Waals surface area contributed by atoms with E-state index in [1.165, 1.54) is 47.1 Å². The second-order valence-corrected chi connectivity index (χ2v) is 5.10. The minimum Gasteiger partial charge on any atom is -0.358 e. The Morgan fingerprint density at radius 3 is 3.06 bits per heavy atom. The first-order valence-electron chi connectivity index (χ1n) is 6.60. The zero-order valence-electron chi connectivity index (χ0n) is 10.7. The van der Waals surface area contributed by atoms with Gasteiger partial charge in [-0.25, -0.2) is 0 Å². The van der Waals surface area contributed by atoms with Crippen molar-refractivity contribution >= 4 is 10.9 Å². The summed E-state index contributed by atoms with van der Waals surface area (Å²) >= 11 is 0. The third kappa shape index (κ3) is 1.87. The molecule has 0 radical (unpaired) electrons. The van der Waals surface area contributed by atoms with Gasteiger partial charge in [0.05, 0.1) is 0 Å². The molecule has 0 saturated carbocycles. The summed E-state index contributed by atoms with van der Waals surface area (Å²) in [4.78, 5) is 6.14. The average molecular weight is 228 g/mol. The molecule has 1 aromatic carbocycles. The van der Waals surface area contributed by atoms with E-state index in [1.54, 1.807) is 0 Å². The molecule has 2 heteroatoms. The number of fused-ring (bicyclic) bond motifs is 3. The fraction of sp³-hybridized carbons (Fsp3) is 0.467. The summed E-state index contributed by atoms with van der Waals surface area (Å²) < 4.78 is 0. The quantitative estimate of drug-likeness (QED) is 0.794. The molecular weight excluding hydrogens is 208 g/mol. The van der Waals surface area contributed by atoms with Crippen LogP contribution in [0.1, 0.15) is 30.2 Å². The van der Waals surface area contributed by atoms with Gasteiger partial charge < -0.3 is 4.98 Å².